The predicted molar refractivity (Wildman–Crippen MR) is 72.1 cm³/mol. The summed E-state index contributed by atoms with van der Waals surface area (Å²) in [6.07, 6.45) is 0.756. The molecule has 0 saturated heterocycles. The number of rotatable bonds is 4. The Hall–Kier alpha value is -2.38. The van der Waals surface area contributed by atoms with Gasteiger partial charge in [0.05, 0.1) is 12.2 Å². The molecule has 0 aliphatic carbocycles. The van der Waals surface area contributed by atoms with Crippen LogP contribution in [0.2, 0.25) is 0 Å². The van der Waals surface area contributed by atoms with Crippen molar-refractivity contribution in [2.45, 2.75) is 26.8 Å². The van der Waals surface area contributed by atoms with E-state index in [1.165, 1.54) is 4.90 Å². The van der Waals surface area contributed by atoms with Crippen LogP contribution in [0.25, 0.3) is 0 Å². The van der Waals surface area contributed by atoms with Crippen LogP contribution in [0, 0.1) is 6.92 Å². The van der Waals surface area contributed by atoms with Gasteiger partial charge in [-0.2, -0.15) is 4.98 Å². The van der Waals surface area contributed by atoms with Gasteiger partial charge in [-0.05, 0) is 6.92 Å². The summed E-state index contributed by atoms with van der Waals surface area (Å²) in [4.78, 5) is 17.7. The van der Waals surface area contributed by atoms with Gasteiger partial charge in [-0.1, -0.05) is 12.1 Å². The van der Waals surface area contributed by atoms with Crippen molar-refractivity contribution in [2.75, 3.05) is 12.4 Å². The molecule has 0 radical (unpaired) electrons. The highest BCUT2D eigenvalue weighted by Gasteiger charge is 2.14. The monoisotopic (exact) mass is 278 g/mol. The summed E-state index contributed by atoms with van der Waals surface area (Å²) in [5.41, 5.74) is 0.785. The lowest BCUT2D eigenvalue weighted by Crippen LogP contribution is -2.31. The van der Waals surface area contributed by atoms with E-state index < -0.39 is 0 Å². The number of aryl methyl sites for hydroxylation is 3. The maximum atomic E-state index is 12.0. The van der Waals surface area contributed by atoms with E-state index in [1.54, 1.807) is 24.8 Å². The van der Waals surface area contributed by atoms with E-state index in [9.17, 15) is 4.79 Å². The lowest BCUT2D eigenvalue weighted by atomic mass is 10.4. The van der Waals surface area contributed by atoms with Crippen LogP contribution in [0.15, 0.2) is 10.6 Å². The van der Waals surface area contributed by atoms with Gasteiger partial charge in [0, 0.05) is 26.6 Å². The summed E-state index contributed by atoms with van der Waals surface area (Å²) in [6.45, 7) is 4.14. The molecule has 1 N–H and O–H groups in total. The van der Waals surface area contributed by atoms with Crippen LogP contribution in [0.1, 0.15) is 24.2 Å². The first-order valence-corrected chi connectivity index (χ1v) is 6.33. The fraction of sp³-hybridized carbons (Fsp3) is 0.500. The van der Waals surface area contributed by atoms with E-state index in [4.69, 9.17) is 4.52 Å². The van der Waals surface area contributed by atoms with Gasteiger partial charge >= 0.3 is 6.03 Å². The van der Waals surface area contributed by atoms with Gasteiger partial charge in [0.2, 0.25) is 5.95 Å². The second kappa shape index (κ2) is 5.72. The fourth-order valence-corrected chi connectivity index (χ4v) is 1.77. The van der Waals surface area contributed by atoms with Crippen LogP contribution in [0.4, 0.5) is 10.7 Å². The zero-order valence-corrected chi connectivity index (χ0v) is 12.0. The molecule has 0 fully saturated rings. The molecule has 0 aliphatic heterocycles. The van der Waals surface area contributed by atoms with Gasteiger partial charge in [0.1, 0.15) is 5.82 Å². The molecule has 8 heteroatoms. The molecule has 2 aromatic rings. The molecule has 2 rings (SSSR count). The lowest BCUT2D eigenvalue weighted by Gasteiger charge is -2.14. The minimum atomic E-state index is -0.299. The Balaban J connectivity index is 1.96. The molecule has 8 nitrogen and oxygen atoms in total. The Kier molecular flexibility index (Phi) is 4.02. The lowest BCUT2D eigenvalue weighted by molar-refractivity contribution is 0.214. The van der Waals surface area contributed by atoms with Crippen LogP contribution >= 0.6 is 0 Å². The maximum Gasteiger partial charge on any atom is 0.324 e. The molecule has 0 aliphatic rings. The Labute approximate surface area is 116 Å². The SMILES string of the molecule is CCc1nc(NC(=O)N(C)Cc2cc(C)no2)nn1C. The van der Waals surface area contributed by atoms with E-state index in [-0.39, 0.29) is 6.03 Å². The van der Waals surface area contributed by atoms with Crippen LogP contribution in [-0.4, -0.2) is 37.9 Å². The third kappa shape index (κ3) is 3.14. The van der Waals surface area contributed by atoms with E-state index in [1.807, 2.05) is 13.8 Å². The van der Waals surface area contributed by atoms with E-state index in [2.05, 4.69) is 20.6 Å². The zero-order chi connectivity index (χ0) is 14.7. The highest BCUT2D eigenvalue weighted by Crippen LogP contribution is 2.08. The number of carbonyl (C=O) groups excluding carboxylic acids is 1. The van der Waals surface area contributed by atoms with E-state index in [0.29, 0.717) is 18.3 Å². The number of hydrogen-bond donors (Lipinski definition) is 1. The second-order valence-corrected chi connectivity index (χ2v) is 4.55. The minimum absolute atomic E-state index is 0.299. The van der Waals surface area contributed by atoms with Crippen molar-refractivity contribution in [2.24, 2.45) is 7.05 Å². The van der Waals surface area contributed by atoms with Gasteiger partial charge in [-0.25, -0.2) is 4.79 Å². The van der Waals surface area contributed by atoms with Crippen molar-refractivity contribution in [1.29, 1.82) is 0 Å². The standard InChI is InChI=1S/C12H18N6O2/c1-5-10-13-11(15-18(10)4)14-12(19)17(3)7-9-6-8(2)16-20-9/h6H,5,7H2,1-4H3,(H,14,15,19). The van der Waals surface area contributed by atoms with Crippen molar-refractivity contribution in [3.8, 4) is 0 Å². The normalized spacial score (nSPS) is 10.6. The van der Waals surface area contributed by atoms with Crippen molar-refractivity contribution in [3.63, 3.8) is 0 Å². The molecule has 0 atom stereocenters. The molecule has 2 heterocycles. The van der Waals surface area contributed by atoms with Crippen LogP contribution in [0.5, 0.6) is 0 Å². The molecule has 2 aromatic heterocycles. The highest BCUT2D eigenvalue weighted by atomic mass is 16.5. The number of aromatic nitrogens is 4. The molecule has 108 valence electrons. The molecule has 0 bridgehead atoms. The average Bonchev–Trinajstić information content (AvgIpc) is 2.95. The van der Waals surface area contributed by atoms with Gasteiger partial charge in [0.25, 0.3) is 0 Å². The van der Waals surface area contributed by atoms with Crippen molar-refractivity contribution in [1.82, 2.24) is 24.8 Å². The number of hydrogen-bond acceptors (Lipinski definition) is 5. The third-order valence-corrected chi connectivity index (χ3v) is 2.80. The van der Waals surface area contributed by atoms with Crippen molar-refractivity contribution < 1.29 is 9.32 Å². The Morgan fingerprint density at radius 2 is 2.30 bits per heavy atom. The molecule has 2 amide bonds. The number of anilines is 1. The van der Waals surface area contributed by atoms with Gasteiger partial charge in [0.15, 0.2) is 5.76 Å². The van der Waals surface area contributed by atoms with Crippen LogP contribution in [-0.2, 0) is 20.0 Å². The maximum absolute atomic E-state index is 12.0. The molecule has 0 saturated carbocycles. The zero-order valence-electron chi connectivity index (χ0n) is 12.0. The quantitative estimate of drug-likeness (QED) is 0.911. The topological polar surface area (TPSA) is 89.1 Å². The molecule has 20 heavy (non-hydrogen) atoms. The van der Waals surface area contributed by atoms with E-state index >= 15 is 0 Å². The number of nitrogens with one attached hydrogen (secondary N) is 1. The number of urea groups is 1. The van der Waals surface area contributed by atoms with Crippen LogP contribution in [0.3, 0.4) is 0 Å². The van der Waals surface area contributed by atoms with Gasteiger partial charge in [-0.3, -0.25) is 10.00 Å². The summed E-state index contributed by atoms with van der Waals surface area (Å²) in [5.74, 6) is 1.74. The third-order valence-electron chi connectivity index (χ3n) is 2.80. The van der Waals surface area contributed by atoms with Gasteiger partial charge < -0.3 is 9.42 Å². The number of nitrogens with zero attached hydrogens (tertiary/aromatic N) is 5. The molecular formula is C12H18N6O2. The summed E-state index contributed by atoms with van der Waals surface area (Å²) in [5, 5.41) is 10.5. The van der Waals surface area contributed by atoms with Gasteiger partial charge in [-0.15, -0.1) is 5.10 Å². The summed E-state index contributed by atoms with van der Waals surface area (Å²) in [7, 11) is 3.46. The molecular weight excluding hydrogens is 260 g/mol. The van der Waals surface area contributed by atoms with Crippen molar-refractivity contribution >= 4 is 12.0 Å². The van der Waals surface area contributed by atoms with E-state index in [0.717, 1.165) is 17.9 Å². The van der Waals surface area contributed by atoms with Crippen molar-refractivity contribution in [3.05, 3.63) is 23.3 Å². The number of amides is 2. The number of carbonyl (C=O) groups is 1. The average molecular weight is 278 g/mol. The molecule has 0 unspecified atom stereocenters. The fourth-order valence-electron chi connectivity index (χ4n) is 1.77. The van der Waals surface area contributed by atoms with Crippen LogP contribution < -0.4 is 5.32 Å². The molecule has 0 aromatic carbocycles. The Bertz CT molecular complexity index is 603. The second-order valence-electron chi connectivity index (χ2n) is 4.55. The first-order chi connectivity index (χ1) is 9.49. The Morgan fingerprint density at radius 3 is 2.85 bits per heavy atom. The largest absolute Gasteiger partial charge is 0.359 e. The smallest absolute Gasteiger partial charge is 0.324 e. The Morgan fingerprint density at radius 1 is 1.55 bits per heavy atom. The highest BCUT2D eigenvalue weighted by molar-refractivity contribution is 5.87. The summed E-state index contributed by atoms with van der Waals surface area (Å²) >= 11 is 0. The first kappa shape index (κ1) is 14.0. The predicted octanol–water partition coefficient (Wildman–Crippen LogP) is 1.34. The summed E-state index contributed by atoms with van der Waals surface area (Å²) in [6, 6.07) is 1.49. The summed E-state index contributed by atoms with van der Waals surface area (Å²) < 4.78 is 6.72. The minimum Gasteiger partial charge on any atom is -0.359 e. The molecule has 0 spiro atoms. The first-order valence-electron chi connectivity index (χ1n) is 6.33.